The number of amides is 1. The fourth-order valence-electron chi connectivity index (χ4n) is 3.42. The lowest BCUT2D eigenvalue weighted by Crippen LogP contribution is -2.35. The Hall–Kier alpha value is -2.35. The number of nitriles is 1. The maximum absolute atomic E-state index is 12.9. The van der Waals surface area contributed by atoms with Gasteiger partial charge in [0.2, 0.25) is 0 Å². The molecule has 0 spiro atoms. The number of benzene rings is 1. The van der Waals surface area contributed by atoms with Gasteiger partial charge in [-0.05, 0) is 37.1 Å². The summed E-state index contributed by atoms with van der Waals surface area (Å²) < 4.78 is 12.9. The number of rotatable bonds is 4. The Kier molecular flexibility index (Phi) is 9.40. The molecule has 146 valence electrons. The molecular weight excluding hydrogens is 341 g/mol. The van der Waals surface area contributed by atoms with E-state index in [9.17, 15) is 14.4 Å². The number of anilines is 1. The smallest absolute Gasteiger partial charge is 0.263 e. The lowest BCUT2D eigenvalue weighted by atomic mass is 9.98. The topological polar surface area (TPSA) is 64.9 Å². The van der Waals surface area contributed by atoms with Crippen molar-refractivity contribution >= 4 is 11.6 Å². The fourth-order valence-corrected chi connectivity index (χ4v) is 3.42. The summed E-state index contributed by atoms with van der Waals surface area (Å²) in [6, 6.07) is 7.85. The molecule has 0 aliphatic heterocycles. The third-order valence-electron chi connectivity index (χ3n) is 5.03. The predicted molar refractivity (Wildman–Crippen MR) is 106 cm³/mol. The Morgan fingerprint density at radius 2 is 1.48 bits per heavy atom. The van der Waals surface area contributed by atoms with Crippen LogP contribution in [0.3, 0.4) is 0 Å². The molecule has 0 unspecified atom stereocenters. The van der Waals surface area contributed by atoms with E-state index < -0.39 is 0 Å². The quantitative estimate of drug-likeness (QED) is 0.547. The maximum Gasteiger partial charge on any atom is 0.263 e. The van der Waals surface area contributed by atoms with Crippen LogP contribution < -0.4 is 10.6 Å². The third kappa shape index (κ3) is 8.25. The zero-order chi connectivity index (χ0) is 19.3. The van der Waals surface area contributed by atoms with E-state index in [1.54, 1.807) is 12.1 Å². The summed E-state index contributed by atoms with van der Waals surface area (Å²) in [7, 11) is 0. The molecule has 1 aliphatic rings. The molecule has 1 amide bonds. The number of carbonyl (C=O) groups is 1. The molecule has 0 atom stereocenters. The molecule has 1 aromatic rings. The van der Waals surface area contributed by atoms with Crippen molar-refractivity contribution in [2.45, 2.75) is 76.7 Å². The first-order valence-corrected chi connectivity index (χ1v) is 10.1. The summed E-state index contributed by atoms with van der Waals surface area (Å²) in [4.78, 5) is 12.5. The molecule has 27 heavy (non-hydrogen) atoms. The van der Waals surface area contributed by atoms with Crippen LogP contribution in [0.1, 0.15) is 70.6 Å². The lowest BCUT2D eigenvalue weighted by molar-refractivity contribution is -0.117. The molecule has 1 fully saturated rings. The van der Waals surface area contributed by atoms with Crippen LogP contribution in [0.4, 0.5) is 10.1 Å². The fraction of sp³-hybridized carbons (Fsp3) is 0.545. The lowest BCUT2D eigenvalue weighted by Gasteiger charge is -2.19. The normalized spacial score (nSPS) is 17.9. The van der Waals surface area contributed by atoms with Gasteiger partial charge in [-0.25, -0.2) is 4.39 Å². The Morgan fingerprint density at radius 1 is 0.963 bits per heavy atom. The SMILES string of the molecule is N#C/C(=C/Nc1ccc(F)cc1)C(=O)NC1CCCCCCCCCCC1. The Balaban J connectivity index is 1.90. The van der Waals surface area contributed by atoms with Gasteiger partial charge >= 0.3 is 0 Å². The van der Waals surface area contributed by atoms with Gasteiger partial charge in [-0.2, -0.15) is 5.26 Å². The molecule has 1 aromatic carbocycles. The summed E-state index contributed by atoms with van der Waals surface area (Å²) in [5, 5.41) is 15.2. The summed E-state index contributed by atoms with van der Waals surface area (Å²) in [6.07, 6.45) is 14.5. The van der Waals surface area contributed by atoms with E-state index in [0.717, 1.165) is 25.7 Å². The van der Waals surface area contributed by atoms with E-state index in [1.165, 1.54) is 63.3 Å². The highest BCUT2D eigenvalue weighted by atomic mass is 19.1. The van der Waals surface area contributed by atoms with Crippen molar-refractivity contribution in [2.75, 3.05) is 5.32 Å². The first-order chi connectivity index (χ1) is 13.2. The highest BCUT2D eigenvalue weighted by Gasteiger charge is 2.16. The van der Waals surface area contributed by atoms with Gasteiger partial charge in [0.25, 0.3) is 5.91 Å². The molecule has 2 N–H and O–H groups in total. The van der Waals surface area contributed by atoms with Crippen molar-refractivity contribution in [1.29, 1.82) is 5.26 Å². The van der Waals surface area contributed by atoms with Gasteiger partial charge in [0.1, 0.15) is 17.5 Å². The van der Waals surface area contributed by atoms with E-state index in [-0.39, 0.29) is 23.3 Å². The van der Waals surface area contributed by atoms with Gasteiger partial charge in [0.05, 0.1) is 0 Å². The molecule has 1 aliphatic carbocycles. The Bertz CT molecular complexity index is 637. The summed E-state index contributed by atoms with van der Waals surface area (Å²) >= 11 is 0. The van der Waals surface area contributed by atoms with Crippen molar-refractivity contribution in [3.8, 4) is 6.07 Å². The van der Waals surface area contributed by atoms with Crippen molar-refractivity contribution < 1.29 is 9.18 Å². The van der Waals surface area contributed by atoms with Crippen molar-refractivity contribution in [1.82, 2.24) is 5.32 Å². The second kappa shape index (κ2) is 12.1. The van der Waals surface area contributed by atoms with E-state index in [2.05, 4.69) is 10.6 Å². The van der Waals surface area contributed by atoms with E-state index in [1.807, 2.05) is 6.07 Å². The van der Waals surface area contributed by atoms with Crippen LogP contribution in [0.15, 0.2) is 36.0 Å². The number of nitrogens with zero attached hydrogens (tertiary/aromatic N) is 1. The Morgan fingerprint density at radius 3 is 2.00 bits per heavy atom. The van der Waals surface area contributed by atoms with E-state index in [4.69, 9.17) is 0 Å². The molecule has 0 saturated heterocycles. The molecule has 4 nitrogen and oxygen atoms in total. The Labute approximate surface area is 161 Å². The minimum absolute atomic E-state index is 0.0328. The average Bonchev–Trinajstić information content (AvgIpc) is 2.66. The molecule has 0 heterocycles. The third-order valence-corrected chi connectivity index (χ3v) is 5.03. The van der Waals surface area contributed by atoms with Crippen molar-refractivity contribution in [3.63, 3.8) is 0 Å². The largest absolute Gasteiger partial charge is 0.360 e. The van der Waals surface area contributed by atoms with Crippen LogP contribution in [0, 0.1) is 17.1 Å². The number of hydrogen-bond donors (Lipinski definition) is 2. The molecule has 1 saturated carbocycles. The van der Waals surface area contributed by atoms with Crippen LogP contribution in [-0.2, 0) is 4.79 Å². The highest BCUT2D eigenvalue weighted by Crippen LogP contribution is 2.17. The molecule has 0 radical (unpaired) electrons. The molecule has 0 aromatic heterocycles. The van der Waals surface area contributed by atoms with Crippen molar-refractivity contribution in [2.24, 2.45) is 0 Å². The van der Waals surface area contributed by atoms with Gasteiger partial charge in [-0.1, -0.05) is 57.8 Å². The van der Waals surface area contributed by atoms with Gasteiger partial charge in [-0.3, -0.25) is 4.79 Å². The zero-order valence-electron chi connectivity index (χ0n) is 16.0. The van der Waals surface area contributed by atoms with Gasteiger partial charge in [0.15, 0.2) is 0 Å². The van der Waals surface area contributed by atoms with Gasteiger partial charge < -0.3 is 10.6 Å². The second-order valence-corrected chi connectivity index (χ2v) is 7.25. The van der Waals surface area contributed by atoms with Gasteiger partial charge in [-0.15, -0.1) is 0 Å². The first kappa shape index (κ1) is 21.0. The average molecular weight is 372 g/mol. The molecule has 5 heteroatoms. The summed E-state index contributed by atoms with van der Waals surface area (Å²) in [5.41, 5.74) is 0.661. The minimum Gasteiger partial charge on any atom is -0.360 e. The van der Waals surface area contributed by atoms with E-state index in [0.29, 0.717) is 5.69 Å². The second-order valence-electron chi connectivity index (χ2n) is 7.25. The van der Waals surface area contributed by atoms with Crippen molar-refractivity contribution in [3.05, 3.63) is 41.9 Å². The summed E-state index contributed by atoms with van der Waals surface area (Å²) in [5.74, 6) is -0.672. The van der Waals surface area contributed by atoms with Crippen LogP contribution in [-0.4, -0.2) is 11.9 Å². The summed E-state index contributed by atoms with van der Waals surface area (Å²) in [6.45, 7) is 0. The number of carbonyl (C=O) groups excluding carboxylic acids is 1. The zero-order valence-corrected chi connectivity index (χ0v) is 16.0. The number of halogens is 1. The van der Waals surface area contributed by atoms with E-state index >= 15 is 0 Å². The molecule has 0 bridgehead atoms. The highest BCUT2D eigenvalue weighted by molar-refractivity contribution is 5.97. The molecule has 2 rings (SSSR count). The monoisotopic (exact) mass is 371 g/mol. The standard InChI is InChI=1S/C22H30FN3O/c23-19-12-14-20(15-13-19)25-17-18(16-24)22(27)26-21-10-8-6-4-2-1-3-5-7-9-11-21/h12-15,17,21,25H,1-11H2,(H,26,27)/b18-17-. The van der Waals surface area contributed by atoms with Crippen LogP contribution in [0.25, 0.3) is 0 Å². The van der Waals surface area contributed by atoms with Crippen LogP contribution >= 0.6 is 0 Å². The minimum atomic E-state index is -0.343. The van der Waals surface area contributed by atoms with Gasteiger partial charge in [0, 0.05) is 17.9 Å². The first-order valence-electron chi connectivity index (χ1n) is 10.1. The molecular formula is C22H30FN3O. The van der Waals surface area contributed by atoms with Crippen LogP contribution in [0.5, 0.6) is 0 Å². The van der Waals surface area contributed by atoms with Crippen LogP contribution in [0.2, 0.25) is 0 Å². The predicted octanol–water partition coefficient (Wildman–Crippen LogP) is 5.43. The number of nitrogens with one attached hydrogen (secondary N) is 2. The maximum atomic E-state index is 12.9. The number of hydrogen-bond acceptors (Lipinski definition) is 3.